The summed E-state index contributed by atoms with van der Waals surface area (Å²) in [6.45, 7) is 7.23. The molecule has 4 nitrogen and oxygen atoms in total. The van der Waals surface area contributed by atoms with E-state index in [1.807, 2.05) is 0 Å². The molecule has 2 rings (SSSR count). The lowest BCUT2D eigenvalue weighted by molar-refractivity contribution is 0.0298. The van der Waals surface area contributed by atoms with E-state index in [0.29, 0.717) is 12.1 Å². The number of nitrogens with one attached hydrogen (secondary N) is 1. The smallest absolute Gasteiger partial charge is 0.0831 e. The van der Waals surface area contributed by atoms with E-state index in [1.54, 1.807) is 0 Å². The Kier molecular flexibility index (Phi) is 3.07. The van der Waals surface area contributed by atoms with Gasteiger partial charge in [0.05, 0.1) is 6.10 Å². The van der Waals surface area contributed by atoms with E-state index in [4.69, 9.17) is 0 Å². The van der Waals surface area contributed by atoms with Crippen LogP contribution in [0.15, 0.2) is 0 Å². The van der Waals surface area contributed by atoms with Gasteiger partial charge in [-0.15, -0.1) is 0 Å². The Bertz CT molecular complexity index is 200. The second kappa shape index (κ2) is 4.14. The van der Waals surface area contributed by atoms with Gasteiger partial charge in [0.1, 0.15) is 0 Å². The number of β-amino-alcohol motifs (C(OH)–C–C–N with tert-alkyl or cyclic N) is 1. The molecule has 2 aliphatic rings. The second-order valence-electron chi connectivity index (χ2n) is 4.62. The summed E-state index contributed by atoms with van der Waals surface area (Å²) >= 11 is 0. The van der Waals surface area contributed by atoms with Crippen molar-refractivity contribution >= 4 is 0 Å². The van der Waals surface area contributed by atoms with Crippen molar-refractivity contribution in [2.45, 2.75) is 25.1 Å². The molecular formula is C10H21N3O. The molecule has 2 fully saturated rings. The number of aliphatic hydroxyl groups is 1. The van der Waals surface area contributed by atoms with Gasteiger partial charge in [-0.1, -0.05) is 0 Å². The van der Waals surface area contributed by atoms with Crippen LogP contribution in [0.5, 0.6) is 0 Å². The van der Waals surface area contributed by atoms with Crippen LogP contribution in [0.3, 0.4) is 0 Å². The molecule has 2 heterocycles. The minimum absolute atomic E-state index is 0.175. The van der Waals surface area contributed by atoms with Crippen LogP contribution in [0.25, 0.3) is 0 Å². The van der Waals surface area contributed by atoms with E-state index in [9.17, 15) is 5.11 Å². The van der Waals surface area contributed by atoms with Gasteiger partial charge in [0.15, 0.2) is 0 Å². The predicted molar refractivity (Wildman–Crippen MR) is 56.3 cm³/mol. The van der Waals surface area contributed by atoms with Crippen LogP contribution < -0.4 is 5.32 Å². The lowest BCUT2D eigenvalue weighted by Gasteiger charge is -2.41. The molecule has 0 amide bonds. The molecule has 2 saturated heterocycles. The van der Waals surface area contributed by atoms with E-state index >= 15 is 0 Å². The quantitative estimate of drug-likeness (QED) is 0.565. The first-order chi connectivity index (χ1) is 6.68. The zero-order chi connectivity index (χ0) is 10.1. The topological polar surface area (TPSA) is 38.7 Å². The van der Waals surface area contributed by atoms with E-state index < -0.39 is 0 Å². The highest BCUT2D eigenvalue weighted by Crippen LogP contribution is 2.14. The van der Waals surface area contributed by atoms with Gasteiger partial charge >= 0.3 is 0 Å². The number of likely N-dealkylation sites (N-methyl/N-ethyl adjacent to an activating group) is 1. The molecule has 2 aliphatic heterocycles. The van der Waals surface area contributed by atoms with Crippen LogP contribution in [0.1, 0.15) is 6.92 Å². The fraction of sp³-hybridized carbons (Fsp3) is 1.00. The molecule has 0 aromatic carbocycles. The molecule has 1 unspecified atom stereocenters. The largest absolute Gasteiger partial charge is 0.390 e. The fourth-order valence-electron chi connectivity index (χ4n) is 2.40. The summed E-state index contributed by atoms with van der Waals surface area (Å²) in [5.41, 5.74) is 0. The maximum atomic E-state index is 9.78. The molecule has 0 saturated carbocycles. The normalized spacial score (nSPS) is 41.8. The Hall–Kier alpha value is -0.160. The Balaban J connectivity index is 1.92. The molecular weight excluding hydrogens is 178 g/mol. The first-order valence-corrected chi connectivity index (χ1v) is 5.51. The molecule has 0 bridgehead atoms. The number of aliphatic hydroxyl groups excluding tert-OH is 1. The summed E-state index contributed by atoms with van der Waals surface area (Å²) in [6.07, 6.45) is -0.175. The summed E-state index contributed by atoms with van der Waals surface area (Å²) in [4.78, 5) is 4.81. The SMILES string of the molecule is CC1CN([C@@H]2CNC[C@H]2O)CCN1C. The molecule has 3 atom stereocenters. The van der Waals surface area contributed by atoms with Crippen molar-refractivity contribution < 1.29 is 5.11 Å². The Morgan fingerprint density at radius 3 is 2.64 bits per heavy atom. The van der Waals surface area contributed by atoms with Gasteiger partial charge in [-0.25, -0.2) is 0 Å². The van der Waals surface area contributed by atoms with Crippen LogP contribution in [-0.4, -0.2) is 72.9 Å². The van der Waals surface area contributed by atoms with Gasteiger partial charge in [-0.2, -0.15) is 0 Å². The van der Waals surface area contributed by atoms with Crippen molar-refractivity contribution in [2.75, 3.05) is 39.8 Å². The van der Waals surface area contributed by atoms with Crippen LogP contribution in [0, 0.1) is 0 Å². The molecule has 4 heteroatoms. The second-order valence-corrected chi connectivity index (χ2v) is 4.62. The van der Waals surface area contributed by atoms with Crippen molar-refractivity contribution in [3.8, 4) is 0 Å². The maximum Gasteiger partial charge on any atom is 0.0831 e. The van der Waals surface area contributed by atoms with Crippen molar-refractivity contribution in [3.63, 3.8) is 0 Å². The molecule has 0 aromatic heterocycles. The minimum Gasteiger partial charge on any atom is -0.390 e. The monoisotopic (exact) mass is 199 g/mol. The van der Waals surface area contributed by atoms with E-state index in [-0.39, 0.29) is 6.10 Å². The number of rotatable bonds is 1. The van der Waals surface area contributed by atoms with E-state index in [2.05, 4.69) is 29.1 Å². The van der Waals surface area contributed by atoms with Gasteiger partial charge < -0.3 is 15.3 Å². The van der Waals surface area contributed by atoms with Gasteiger partial charge in [0.2, 0.25) is 0 Å². The molecule has 0 radical (unpaired) electrons. The van der Waals surface area contributed by atoms with Crippen molar-refractivity contribution in [1.82, 2.24) is 15.1 Å². The summed E-state index contributed by atoms with van der Waals surface area (Å²) < 4.78 is 0. The van der Waals surface area contributed by atoms with E-state index in [1.165, 1.54) is 0 Å². The fourth-order valence-corrected chi connectivity index (χ4v) is 2.40. The van der Waals surface area contributed by atoms with Gasteiger partial charge in [-0.3, -0.25) is 4.90 Å². The minimum atomic E-state index is -0.175. The van der Waals surface area contributed by atoms with Gasteiger partial charge in [0.25, 0.3) is 0 Å². The van der Waals surface area contributed by atoms with Crippen LogP contribution >= 0.6 is 0 Å². The number of hydrogen-bond donors (Lipinski definition) is 2. The number of nitrogens with zero attached hydrogens (tertiary/aromatic N) is 2. The van der Waals surface area contributed by atoms with Crippen LogP contribution in [0.4, 0.5) is 0 Å². The Morgan fingerprint density at radius 1 is 1.29 bits per heavy atom. The highest BCUT2D eigenvalue weighted by molar-refractivity contribution is 4.91. The Labute approximate surface area is 85.9 Å². The summed E-state index contributed by atoms with van der Waals surface area (Å²) in [6, 6.07) is 0.947. The Morgan fingerprint density at radius 2 is 2.07 bits per heavy atom. The lowest BCUT2D eigenvalue weighted by Crippen LogP contribution is -2.56. The molecule has 82 valence electrons. The zero-order valence-electron chi connectivity index (χ0n) is 9.11. The third-order valence-electron chi connectivity index (χ3n) is 3.61. The van der Waals surface area contributed by atoms with Gasteiger partial charge in [0, 0.05) is 44.8 Å². The summed E-state index contributed by atoms with van der Waals surface area (Å²) in [5, 5.41) is 13.0. The number of hydrogen-bond acceptors (Lipinski definition) is 4. The predicted octanol–water partition coefficient (Wildman–Crippen LogP) is -1.04. The first-order valence-electron chi connectivity index (χ1n) is 5.51. The zero-order valence-corrected chi connectivity index (χ0v) is 9.11. The van der Waals surface area contributed by atoms with Crippen LogP contribution in [0.2, 0.25) is 0 Å². The molecule has 0 spiro atoms. The first kappa shape index (κ1) is 10.4. The maximum absolute atomic E-state index is 9.78. The van der Waals surface area contributed by atoms with Crippen molar-refractivity contribution in [3.05, 3.63) is 0 Å². The van der Waals surface area contributed by atoms with Gasteiger partial charge in [-0.05, 0) is 14.0 Å². The summed E-state index contributed by atoms with van der Waals surface area (Å²) in [7, 11) is 2.17. The molecule has 2 N–H and O–H groups in total. The van der Waals surface area contributed by atoms with E-state index in [0.717, 1.165) is 32.7 Å². The highest BCUT2D eigenvalue weighted by Gasteiger charge is 2.33. The third-order valence-corrected chi connectivity index (χ3v) is 3.61. The average molecular weight is 199 g/mol. The average Bonchev–Trinajstić information content (AvgIpc) is 2.57. The highest BCUT2D eigenvalue weighted by atomic mass is 16.3. The standard InChI is InChI=1S/C10H21N3O/c1-8-7-13(4-3-12(8)2)9-5-11-6-10(9)14/h8-11,14H,3-7H2,1-2H3/t8?,9-,10-/m1/s1. The van der Waals surface area contributed by atoms with Crippen molar-refractivity contribution in [1.29, 1.82) is 0 Å². The van der Waals surface area contributed by atoms with Crippen LogP contribution in [-0.2, 0) is 0 Å². The molecule has 0 aliphatic carbocycles. The molecule has 0 aromatic rings. The number of piperazine rings is 1. The third kappa shape index (κ3) is 1.93. The summed E-state index contributed by atoms with van der Waals surface area (Å²) in [5.74, 6) is 0. The van der Waals surface area contributed by atoms with Crippen molar-refractivity contribution in [2.24, 2.45) is 0 Å². The molecule has 14 heavy (non-hydrogen) atoms. The lowest BCUT2D eigenvalue weighted by atomic mass is 10.1.